The van der Waals surface area contributed by atoms with Gasteiger partial charge in [-0.3, -0.25) is 4.98 Å². The van der Waals surface area contributed by atoms with E-state index >= 15 is 0 Å². The number of rotatable bonds is 6. The summed E-state index contributed by atoms with van der Waals surface area (Å²) in [4.78, 5) is 19.1. The van der Waals surface area contributed by atoms with Crippen LogP contribution in [-0.2, 0) is 5.54 Å². The molecular formula is C52H34N4. The molecule has 4 nitrogen and oxygen atoms in total. The number of pyridine rings is 1. The second kappa shape index (κ2) is 13.4. The summed E-state index contributed by atoms with van der Waals surface area (Å²) in [6.45, 7) is 10.5. The number of benzene rings is 7. The van der Waals surface area contributed by atoms with Crippen molar-refractivity contribution < 1.29 is 0 Å². The molecule has 0 saturated heterocycles. The van der Waals surface area contributed by atoms with Gasteiger partial charge in [-0.1, -0.05) is 133 Å². The van der Waals surface area contributed by atoms with Gasteiger partial charge in [-0.15, -0.1) is 0 Å². The predicted molar refractivity (Wildman–Crippen MR) is 228 cm³/mol. The van der Waals surface area contributed by atoms with E-state index in [2.05, 4.69) is 162 Å². The average molecular weight is 715 g/mol. The minimum Gasteiger partial charge on any atom is -0.300 e. The molecule has 1 atom stereocenters. The van der Waals surface area contributed by atoms with E-state index in [1.807, 2.05) is 36.5 Å². The highest BCUT2D eigenvalue weighted by molar-refractivity contribution is 6.03. The number of fused-ring (bicyclic) bond motifs is 5. The van der Waals surface area contributed by atoms with Crippen molar-refractivity contribution >= 4 is 10.8 Å². The molecule has 0 radical (unpaired) electrons. The molecule has 0 fully saturated rings. The molecule has 262 valence electrons. The van der Waals surface area contributed by atoms with E-state index in [-0.39, 0.29) is 0 Å². The number of hydrogen-bond donors (Lipinski definition) is 0. The van der Waals surface area contributed by atoms with Gasteiger partial charge in [0.1, 0.15) is 0 Å². The number of hydrogen-bond acceptors (Lipinski definition) is 3. The summed E-state index contributed by atoms with van der Waals surface area (Å²) in [6.07, 6.45) is 3.70. The molecule has 7 aromatic carbocycles. The molecule has 0 aliphatic heterocycles. The molecule has 56 heavy (non-hydrogen) atoms. The van der Waals surface area contributed by atoms with Crippen LogP contribution in [0.4, 0.5) is 0 Å². The van der Waals surface area contributed by atoms with Crippen LogP contribution in [-0.4, -0.2) is 15.0 Å². The Bertz CT molecular complexity index is 2970. The lowest BCUT2D eigenvalue weighted by Crippen LogP contribution is -2.15. The first kappa shape index (κ1) is 33.1. The van der Waals surface area contributed by atoms with Crippen molar-refractivity contribution in [2.45, 2.75) is 12.5 Å². The quantitative estimate of drug-likeness (QED) is 0.161. The Hall–Kier alpha value is -7.48. The lowest BCUT2D eigenvalue weighted by Gasteiger charge is -2.16. The van der Waals surface area contributed by atoms with E-state index in [4.69, 9.17) is 16.5 Å². The maximum absolute atomic E-state index is 8.48. The smallest absolute Gasteiger partial charge is 0.281 e. The van der Waals surface area contributed by atoms with E-state index < -0.39 is 5.54 Å². The van der Waals surface area contributed by atoms with Gasteiger partial charge in [-0.2, -0.15) is 0 Å². The third kappa shape index (κ3) is 5.66. The van der Waals surface area contributed by atoms with Crippen LogP contribution in [0.15, 0.2) is 188 Å². The van der Waals surface area contributed by atoms with E-state index in [1.165, 1.54) is 16.3 Å². The number of aromatic nitrogens is 3. The lowest BCUT2D eigenvalue weighted by molar-refractivity contribution is 0.742. The second-order valence-electron chi connectivity index (χ2n) is 14.5. The maximum atomic E-state index is 8.48. The zero-order valence-corrected chi connectivity index (χ0v) is 30.7. The van der Waals surface area contributed by atoms with Crippen molar-refractivity contribution in [2.24, 2.45) is 0 Å². The van der Waals surface area contributed by atoms with Crippen LogP contribution in [0.25, 0.3) is 94.0 Å². The van der Waals surface area contributed by atoms with Gasteiger partial charge >= 0.3 is 0 Å². The van der Waals surface area contributed by atoms with Crippen LogP contribution in [0.5, 0.6) is 0 Å². The second-order valence-corrected chi connectivity index (χ2v) is 14.5. The van der Waals surface area contributed by atoms with Gasteiger partial charge < -0.3 is 4.85 Å². The Morgan fingerprint density at radius 1 is 0.464 bits per heavy atom. The molecule has 9 aromatic rings. The highest BCUT2D eigenvalue weighted by Crippen LogP contribution is 2.53. The van der Waals surface area contributed by atoms with Gasteiger partial charge in [0.05, 0.1) is 11.4 Å². The highest BCUT2D eigenvalue weighted by atomic mass is 14.9. The first-order chi connectivity index (χ1) is 27.6. The Balaban J connectivity index is 1.15. The molecular weight excluding hydrogens is 681 g/mol. The Morgan fingerprint density at radius 2 is 1.07 bits per heavy atom. The molecule has 2 heterocycles. The number of nitrogens with zero attached hydrogens (tertiary/aromatic N) is 4. The molecule has 4 heteroatoms. The molecule has 0 spiro atoms. The van der Waals surface area contributed by atoms with Crippen molar-refractivity contribution in [1.82, 2.24) is 15.0 Å². The van der Waals surface area contributed by atoms with E-state index in [0.29, 0.717) is 5.82 Å². The third-order valence-electron chi connectivity index (χ3n) is 11.1. The Labute approximate surface area is 326 Å². The SMILES string of the molecule is [C-]#[N+]C1(C)c2cc(-c3cc(-c4cccnc4)cc(-c4cc(-c5ccc(-c6ccccc6)cc5)nc(-c5ccccc5)n4)c3)ccc2-c2c1ccc1ccccc21. The fourth-order valence-electron chi connectivity index (χ4n) is 8.14. The zero-order valence-electron chi connectivity index (χ0n) is 30.7. The zero-order chi connectivity index (χ0) is 37.6. The summed E-state index contributed by atoms with van der Waals surface area (Å²) in [6, 6.07) is 61.3. The first-order valence-electron chi connectivity index (χ1n) is 18.8. The molecule has 1 unspecified atom stereocenters. The minimum absolute atomic E-state index is 0.661. The van der Waals surface area contributed by atoms with Gasteiger partial charge in [0, 0.05) is 58.3 Å². The van der Waals surface area contributed by atoms with Crippen molar-refractivity contribution in [3.8, 4) is 78.4 Å². The Kier molecular flexibility index (Phi) is 7.94. The largest absolute Gasteiger partial charge is 0.300 e. The van der Waals surface area contributed by atoms with Gasteiger partial charge in [-0.05, 0) is 86.6 Å². The molecule has 10 rings (SSSR count). The summed E-state index contributed by atoms with van der Waals surface area (Å²) in [5.41, 5.74) is 14.6. The van der Waals surface area contributed by atoms with Gasteiger partial charge in [0.2, 0.25) is 0 Å². The normalized spacial score (nSPS) is 14.2. The van der Waals surface area contributed by atoms with Crippen LogP contribution in [0.2, 0.25) is 0 Å². The van der Waals surface area contributed by atoms with Crippen LogP contribution >= 0.6 is 0 Å². The van der Waals surface area contributed by atoms with Crippen LogP contribution < -0.4 is 0 Å². The maximum Gasteiger partial charge on any atom is 0.281 e. The lowest BCUT2D eigenvalue weighted by atomic mass is 9.88. The molecule has 1 aliphatic carbocycles. The third-order valence-corrected chi connectivity index (χ3v) is 11.1. The van der Waals surface area contributed by atoms with E-state index in [9.17, 15) is 0 Å². The summed E-state index contributed by atoms with van der Waals surface area (Å²) >= 11 is 0. The monoisotopic (exact) mass is 714 g/mol. The fraction of sp³-hybridized carbons (Fsp3) is 0.0385. The Morgan fingerprint density at radius 3 is 1.80 bits per heavy atom. The molecule has 0 saturated carbocycles. The topological polar surface area (TPSA) is 43.0 Å². The van der Waals surface area contributed by atoms with Crippen LogP contribution in [0.3, 0.4) is 0 Å². The highest BCUT2D eigenvalue weighted by Gasteiger charge is 2.46. The van der Waals surface area contributed by atoms with Crippen molar-refractivity contribution in [3.63, 3.8) is 0 Å². The standard InChI is InChI=1S/C52H34N4/c1-52(53-2)46-26-24-36-14-9-10-18-44(36)50(46)45-25-23-39(31-47(45)52)41-28-42(40-17-11-27-54-33-40)30-43(29-41)49-32-48(55-51(56-49)38-15-7-4-8-16-38)37-21-19-35(20-22-37)34-12-5-3-6-13-34/h3-33H,1H3. The molecule has 0 bridgehead atoms. The van der Waals surface area contributed by atoms with Gasteiger partial charge in [-0.25, -0.2) is 16.5 Å². The van der Waals surface area contributed by atoms with E-state index in [0.717, 1.165) is 78.1 Å². The summed E-state index contributed by atoms with van der Waals surface area (Å²) < 4.78 is 0. The first-order valence-corrected chi connectivity index (χ1v) is 18.8. The van der Waals surface area contributed by atoms with Gasteiger partial charge in [0.25, 0.3) is 5.54 Å². The van der Waals surface area contributed by atoms with Crippen molar-refractivity contribution in [3.05, 3.63) is 211 Å². The molecule has 1 aliphatic rings. The summed E-state index contributed by atoms with van der Waals surface area (Å²) in [7, 11) is 0. The fourth-order valence-corrected chi connectivity index (χ4v) is 8.14. The molecule has 2 aromatic heterocycles. The predicted octanol–water partition coefficient (Wildman–Crippen LogP) is 13.2. The van der Waals surface area contributed by atoms with Crippen molar-refractivity contribution in [1.29, 1.82) is 0 Å². The minimum atomic E-state index is -0.809. The van der Waals surface area contributed by atoms with Gasteiger partial charge in [0.15, 0.2) is 5.82 Å². The summed E-state index contributed by atoms with van der Waals surface area (Å²) in [5.74, 6) is 0.661. The van der Waals surface area contributed by atoms with E-state index in [1.54, 1.807) is 6.20 Å². The molecule has 0 amide bonds. The van der Waals surface area contributed by atoms with Crippen molar-refractivity contribution in [2.75, 3.05) is 0 Å². The molecule has 0 N–H and O–H groups in total. The van der Waals surface area contributed by atoms with Crippen LogP contribution in [0.1, 0.15) is 18.1 Å². The summed E-state index contributed by atoms with van der Waals surface area (Å²) in [5, 5.41) is 2.35. The average Bonchev–Trinajstić information content (AvgIpc) is 3.54. The van der Waals surface area contributed by atoms with Crippen LogP contribution in [0, 0.1) is 6.57 Å².